The van der Waals surface area contributed by atoms with Crippen LogP contribution in [0.2, 0.25) is 0 Å². The molecule has 0 spiro atoms. The smallest absolute Gasteiger partial charge is 0.249 e. The number of halogens is 1. The van der Waals surface area contributed by atoms with Gasteiger partial charge in [-0.15, -0.1) is 5.10 Å². The van der Waals surface area contributed by atoms with E-state index in [0.717, 1.165) is 6.42 Å². The minimum atomic E-state index is -1.05. The Labute approximate surface area is 221 Å². The van der Waals surface area contributed by atoms with E-state index in [4.69, 9.17) is 4.74 Å². The van der Waals surface area contributed by atoms with Crippen LogP contribution in [-0.4, -0.2) is 40.0 Å². The molecule has 1 N–H and O–H groups in total. The van der Waals surface area contributed by atoms with Crippen molar-refractivity contribution in [3.05, 3.63) is 84.2 Å². The van der Waals surface area contributed by atoms with Gasteiger partial charge in [0.1, 0.15) is 29.7 Å². The van der Waals surface area contributed by atoms with Crippen molar-refractivity contribution in [2.45, 2.75) is 39.8 Å². The Morgan fingerprint density at radius 3 is 2.55 bits per heavy atom. The maximum absolute atomic E-state index is 14.0. The fourth-order valence-electron chi connectivity index (χ4n) is 4.21. The van der Waals surface area contributed by atoms with Crippen LogP contribution < -0.4 is 15.0 Å². The molecule has 1 aromatic heterocycles. The van der Waals surface area contributed by atoms with E-state index in [1.807, 2.05) is 31.2 Å². The molecule has 0 radical (unpaired) electrons. The van der Waals surface area contributed by atoms with Crippen LogP contribution >= 0.6 is 0 Å². The van der Waals surface area contributed by atoms with Gasteiger partial charge in [0.2, 0.25) is 11.8 Å². The van der Waals surface area contributed by atoms with E-state index in [1.54, 1.807) is 24.3 Å². The Hall–Kier alpha value is -4.27. The lowest BCUT2D eigenvalue weighted by Crippen LogP contribution is -2.45. The highest BCUT2D eigenvalue weighted by atomic mass is 19.1. The summed E-state index contributed by atoms with van der Waals surface area (Å²) < 4.78 is 21.0. The highest BCUT2D eigenvalue weighted by Crippen LogP contribution is 2.31. The maximum atomic E-state index is 14.0. The number of carbonyl (C=O) groups is 2. The molecule has 0 bridgehead atoms. The van der Waals surface area contributed by atoms with E-state index in [0.29, 0.717) is 47.1 Å². The van der Waals surface area contributed by atoms with E-state index >= 15 is 0 Å². The van der Waals surface area contributed by atoms with Gasteiger partial charge in [-0.3, -0.25) is 14.5 Å². The molecular formula is C29H32FN5O3. The third kappa shape index (κ3) is 6.34. The number of aromatic nitrogens is 3. The zero-order chi connectivity index (χ0) is 27.1. The fourth-order valence-corrected chi connectivity index (χ4v) is 4.21. The molecule has 0 fully saturated rings. The van der Waals surface area contributed by atoms with E-state index in [-0.39, 0.29) is 18.4 Å². The van der Waals surface area contributed by atoms with E-state index in [2.05, 4.69) is 29.5 Å². The van der Waals surface area contributed by atoms with Crippen LogP contribution in [0.15, 0.2) is 72.8 Å². The fraction of sp³-hybridized carbons (Fsp3) is 0.310. The number of hydrogen-bond acceptors (Lipinski definition) is 5. The zero-order valence-corrected chi connectivity index (χ0v) is 21.8. The minimum absolute atomic E-state index is 0.156. The summed E-state index contributed by atoms with van der Waals surface area (Å²) in [7, 11) is 0. The lowest BCUT2D eigenvalue weighted by atomic mass is 10.0. The number of amides is 2. The molecule has 1 atom stereocenters. The largest absolute Gasteiger partial charge is 0.494 e. The summed E-state index contributed by atoms with van der Waals surface area (Å²) in [5.74, 6) is -0.232. The van der Waals surface area contributed by atoms with Crippen LogP contribution in [0.3, 0.4) is 0 Å². The summed E-state index contributed by atoms with van der Waals surface area (Å²) >= 11 is 0. The second kappa shape index (κ2) is 12.3. The second-order valence-corrected chi connectivity index (χ2v) is 9.36. The molecule has 38 heavy (non-hydrogen) atoms. The van der Waals surface area contributed by atoms with Gasteiger partial charge in [0, 0.05) is 18.3 Å². The van der Waals surface area contributed by atoms with Crippen molar-refractivity contribution in [1.29, 1.82) is 0 Å². The van der Waals surface area contributed by atoms with Crippen molar-refractivity contribution >= 4 is 28.5 Å². The molecule has 2 amide bonds. The van der Waals surface area contributed by atoms with Crippen molar-refractivity contribution in [3.8, 4) is 5.75 Å². The Morgan fingerprint density at radius 2 is 1.82 bits per heavy atom. The first-order valence-electron chi connectivity index (χ1n) is 12.7. The summed E-state index contributed by atoms with van der Waals surface area (Å²) in [6.07, 6.45) is 0.778. The Bertz CT molecular complexity index is 1390. The van der Waals surface area contributed by atoms with Crippen LogP contribution in [0, 0.1) is 11.7 Å². The molecule has 1 unspecified atom stereocenters. The molecule has 1 heterocycles. The quantitative estimate of drug-likeness (QED) is 0.306. The lowest BCUT2D eigenvalue weighted by Gasteiger charge is -2.32. The number of carbonyl (C=O) groups excluding carboxylic acids is 2. The van der Waals surface area contributed by atoms with Gasteiger partial charge >= 0.3 is 0 Å². The molecule has 0 aliphatic heterocycles. The van der Waals surface area contributed by atoms with Gasteiger partial charge < -0.3 is 10.1 Å². The predicted molar refractivity (Wildman–Crippen MR) is 144 cm³/mol. The van der Waals surface area contributed by atoms with Crippen molar-refractivity contribution in [1.82, 2.24) is 20.3 Å². The van der Waals surface area contributed by atoms with Gasteiger partial charge in [0.05, 0.1) is 12.1 Å². The van der Waals surface area contributed by atoms with E-state index in [9.17, 15) is 14.0 Å². The third-order valence-corrected chi connectivity index (χ3v) is 6.09. The van der Waals surface area contributed by atoms with Gasteiger partial charge in [-0.1, -0.05) is 49.4 Å². The van der Waals surface area contributed by atoms with Crippen molar-refractivity contribution < 1.29 is 18.7 Å². The first kappa shape index (κ1) is 26.8. The molecule has 3 aromatic carbocycles. The molecule has 0 aliphatic rings. The van der Waals surface area contributed by atoms with E-state index in [1.165, 1.54) is 33.8 Å². The lowest BCUT2D eigenvalue weighted by molar-refractivity contribution is -0.127. The van der Waals surface area contributed by atoms with Crippen LogP contribution in [0.4, 0.5) is 10.1 Å². The number of nitrogens with one attached hydrogen (secondary N) is 1. The molecule has 9 heteroatoms. The SMILES string of the molecule is CCOc1cccc(N(C(=O)Cn2nnc3ccccc32)C(C(=O)NCCC(C)C)c2ccc(F)cc2)c1. The molecular weight excluding hydrogens is 485 g/mol. The van der Waals surface area contributed by atoms with Crippen molar-refractivity contribution in [3.63, 3.8) is 0 Å². The molecule has 0 saturated heterocycles. The van der Waals surface area contributed by atoms with Gasteiger partial charge in [0.25, 0.3) is 0 Å². The predicted octanol–water partition coefficient (Wildman–Crippen LogP) is 4.91. The first-order valence-corrected chi connectivity index (χ1v) is 12.7. The average molecular weight is 518 g/mol. The summed E-state index contributed by atoms with van der Waals surface area (Å²) in [5, 5.41) is 11.3. The Balaban J connectivity index is 1.78. The van der Waals surface area contributed by atoms with Gasteiger partial charge in [-0.25, -0.2) is 9.07 Å². The highest BCUT2D eigenvalue weighted by molar-refractivity contribution is 6.01. The summed E-state index contributed by atoms with van der Waals surface area (Å²) in [5.41, 5.74) is 2.31. The van der Waals surface area contributed by atoms with Crippen molar-refractivity contribution in [2.24, 2.45) is 5.92 Å². The normalized spacial score (nSPS) is 11.9. The number of hydrogen-bond donors (Lipinski definition) is 1. The van der Waals surface area contributed by atoms with Crippen LogP contribution in [-0.2, 0) is 16.1 Å². The first-order chi connectivity index (χ1) is 18.4. The number of nitrogens with zero attached hydrogens (tertiary/aromatic N) is 4. The van der Waals surface area contributed by atoms with Gasteiger partial charge in [-0.05, 0) is 61.2 Å². The Kier molecular flexibility index (Phi) is 8.68. The molecule has 4 rings (SSSR count). The van der Waals surface area contributed by atoms with E-state index < -0.39 is 11.9 Å². The molecule has 0 aliphatic carbocycles. The van der Waals surface area contributed by atoms with Crippen LogP contribution in [0.1, 0.15) is 38.8 Å². The number of anilines is 1. The standard InChI is InChI=1S/C29H32FN5O3/c1-4-38-24-9-7-8-23(18-24)35(27(36)19-34-26-11-6-5-10-25(26)32-33-34)28(21-12-14-22(30)15-13-21)29(37)31-17-16-20(2)3/h5-15,18,20,28H,4,16-17,19H2,1-3H3,(H,31,37). The molecule has 4 aromatic rings. The Morgan fingerprint density at radius 1 is 1.05 bits per heavy atom. The minimum Gasteiger partial charge on any atom is -0.494 e. The number of rotatable bonds is 11. The molecule has 198 valence electrons. The average Bonchev–Trinajstić information content (AvgIpc) is 3.30. The summed E-state index contributed by atoms with van der Waals surface area (Å²) in [4.78, 5) is 29.2. The van der Waals surface area contributed by atoms with Crippen molar-refractivity contribution in [2.75, 3.05) is 18.1 Å². The number of benzene rings is 3. The maximum Gasteiger partial charge on any atom is 0.249 e. The van der Waals surface area contributed by atoms with Gasteiger partial charge in [0.15, 0.2) is 0 Å². The van der Waals surface area contributed by atoms with Gasteiger partial charge in [-0.2, -0.15) is 0 Å². The third-order valence-electron chi connectivity index (χ3n) is 6.09. The zero-order valence-electron chi connectivity index (χ0n) is 21.8. The summed E-state index contributed by atoms with van der Waals surface area (Å²) in [6, 6.07) is 18.9. The number of ether oxygens (including phenoxy) is 1. The summed E-state index contributed by atoms with van der Waals surface area (Å²) in [6.45, 7) is 6.75. The molecule has 0 saturated carbocycles. The van der Waals surface area contributed by atoms with Crippen LogP contribution in [0.25, 0.3) is 11.0 Å². The van der Waals surface area contributed by atoms with Crippen LogP contribution in [0.5, 0.6) is 5.75 Å². The number of para-hydroxylation sites is 1. The molecule has 8 nitrogen and oxygen atoms in total. The second-order valence-electron chi connectivity index (χ2n) is 9.36. The highest BCUT2D eigenvalue weighted by Gasteiger charge is 2.33. The number of fused-ring (bicyclic) bond motifs is 1. The topological polar surface area (TPSA) is 89.3 Å². The monoisotopic (exact) mass is 517 g/mol.